The standard InChI is InChI=1S/C23H34N2O7S/c1-5-30-21(28)18(15-33)24-19(26)13-9-12-17(25-22(29)32-23(2,3)4)20(27)31-14-16-10-7-6-8-11-16/h6-8,10-11,17-18,33H,5,9,12-15H2,1-4H3,(H,24,26)(H,25,29)/t17-,18-/m0/s1. The Bertz CT molecular complexity index is 781. The van der Waals surface area contributed by atoms with Crippen LogP contribution in [0.3, 0.4) is 0 Å². The summed E-state index contributed by atoms with van der Waals surface area (Å²) in [6, 6.07) is 7.28. The Kier molecular flexibility index (Phi) is 12.3. The molecule has 0 aliphatic rings. The molecule has 10 heteroatoms. The van der Waals surface area contributed by atoms with E-state index in [1.54, 1.807) is 27.7 Å². The number of amides is 2. The third-order valence-corrected chi connectivity index (χ3v) is 4.55. The van der Waals surface area contributed by atoms with Crippen molar-refractivity contribution in [3.8, 4) is 0 Å². The molecule has 0 heterocycles. The third-order valence-electron chi connectivity index (χ3n) is 4.18. The number of carbonyl (C=O) groups excluding carboxylic acids is 4. The monoisotopic (exact) mass is 482 g/mol. The number of benzene rings is 1. The smallest absolute Gasteiger partial charge is 0.408 e. The van der Waals surface area contributed by atoms with Gasteiger partial charge in [-0.2, -0.15) is 12.6 Å². The Morgan fingerprint density at radius 1 is 0.970 bits per heavy atom. The summed E-state index contributed by atoms with van der Waals surface area (Å²) in [5.41, 5.74) is 0.0651. The Labute approximate surface area is 200 Å². The highest BCUT2D eigenvalue weighted by Gasteiger charge is 2.26. The topological polar surface area (TPSA) is 120 Å². The summed E-state index contributed by atoms with van der Waals surface area (Å²) in [6.07, 6.45) is -0.326. The molecule has 1 rings (SSSR count). The maximum Gasteiger partial charge on any atom is 0.408 e. The van der Waals surface area contributed by atoms with Crippen LogP contribution in [0.4, 0.5) is 4.79 Å². The van der Waals surface area contributed by atoms with E-state index in [0.717, 1.165) is 5.56 Å². The van der Waals surface area contributed by atoms with Gasteiger partial charge >= 0.3 is 18.0 Å². The van der Waals surface area contributed by atoms with Crippen LogP contribution in [0.2, 0.25) is 0 Å². The van der Waals surface area contributed by atoms with Crippen LogP contribution in [-0.2, 0) is 35.2 Å². The van der Waals surface area contributed by atoms with Crippen LogP contribution >= 0.6 is 12.6 Å². The molecule has 1 aromatic rings. The van der Waals surface area contributed by atoms with Crippen molar-refractivity contribution in [3.63, 3.8) is 0 Å². The highest BCUT2D eigenvalue weighted by atomic mass is 32.1. The summed E-state index contributed by atoms with van der Waals surface area (Å²) in [4.78, 5) is 48.8. The average Bonchev–Trinajstić information content (AvgIpc) is 2.74. The lowest BCUT2D eigenvalue weighted by molar-refractivity contribution is -0.147. The first kappa shape index (κ1) is 28.3. The fraction of sp³-hybridized carbons (Fsp3) is 0.565. The maximum absolute atomic E-state index is 12.6. The molecule has 2 atom stereocenters. The third kappa shape index (κ3) is 12.2. The lowest BCUT2D eigenvalue weighted by Crippen LogP contribution is -2.45. The average molecular weight is 483 g/mol. The molecular weight excluding hydrogens is 448 g/mol. The fourth-order valence-electron chi connectivity index (χ4n) is 2.68. The summed E-state index contributed by atoms with van der Waals surface area (Å²) in [5.74, 6) is -1.49. The number of rotatable bonds is 12. The van der Waals surface area contributed by atoms with E-state index in [0.29, 0.717) is 0 Å². The predicted molar refractivity (Wildman–Crippen MR) is 126 cm³/mol. The number of ether oxygens (including phenoxy) is 3. The van der Waals surface area contributed by atoms with Gasteiger partial charge in [0.1, 0.15) is 24.3 Å². The number of alkyl carbamates (subject to hydrolysis) is 1. The first-order chi connectivity index (χ1) is 15.6. The van der Waals surface area contributed by atoms with Gasteiger partial charge in [-0.3, -0.25) is 4.79 Å². The van der Waals surface area contributed by atoms with Crippen LogP contribution < -0.4 is 10.6 Å². The minimum absolute atomic E-state index is 0.0299. The van der Waals surface area contributed by atoms with Crippen molar-refractivity contribution in [1.82, 2.24) is 10.6 Å². The van der Waals surface area contributed by atoms with Gasteiger partial charge in [-0.05, 0) is 46.1 Å². The van der Waals surface area contributed by atoms with Gasteiger partial charge in [-0.25, -0.2) is 14.4 Å². The van der Waals surface area contributed by atoms with Gasteiger partial charge in [0.05, 0.1) is 6.61 Å². The molecule has 0 saturated carbocycles. The van der Waals surface area contributed by atoms with Gasteiger partial charge in [-0.1, -0.05) is 30.3 Å². The van der Waals surface area contributed by atoms with Crippen molar-refractivity contribution < 1.29 is 33.4 Å². The summed E-state index contributed by atoms with van der Waals surface area (Å²) in [6.45, 7) is 7.05. The van der Waals surface area contributed by atoms with Crippen LogP contribution in [0, 0.1) is 0 Å². The molecule has 0 aliphatic heterocycles. The SMILES string of the molecule is CCOC(=O)[C@H](CS)NC(=O)CCC[C@H](NC(=O)OC(C)(C)C)C(=O)OCc1ccccc1. The van der Waals surface area contributed by atoms with Gasteiger partial charge in [0, 0.05) is 12.2 Å². The first-order valence-corrected chi connectivity index (χ1v) is 11.5. The lowest BCUT2D eigenvalue weighted by Gasteiger charge is -2.23. The highest BCUT2D eigenvalue weighted by Crippen LogP contribution is 2.10. The molecule has 184 valence electrons. The van der Waals surface area contributed by atoms with E-state index in [4.69, 9.17) is 14.2 Å². The van der Waals surface area contributed by atoms with Gasteiger partial charge in [0.25, 0.3) is 0 Å². The Balaban J connectivity index is 2.66. The Morgan fingerprint density at radius 3 is 2.18 bits per heavy atom. The number of thiol groups is 1. The summed E-state index contributed by atoms with van der Waals surface area (Å²) >= 11 is 4.06. The first-order valence-electron chi connectivity index (χ1n) is 10.8. The molecule has 0 unspecified atom stereocenters. The minimum atomic E-state index is -0.998. The van der Waals surface area contributed by atoms with E-state index in [1.165, 1.54) is 0 Å². The van der Waals surface area contributed by atoms with Gasteiger partial charge in [-0.15, -0.1) is 0 Å². The Morgan fingerprint density at radius 2 is 1.61 bits per heavy atom. The quantitative estimate of drug-likeness (QED) is 0.238. The lowest BCUT2D eigenvalue weighted by atomic mass is 10.1. The van der Waals surface area contributed by atoms with Crippen molar-refractivity contribution in [2.24, 2.45) is 0 Å². The summed E-state index contributed by atoms with van der Waals surface area (Å²) in [7, 11) is 0. The van der Waals surface area contributed by atoms with Crippen LogP contribution in [0.25, 0.3) is 0 Å². The van der Waals surface area contributed by atoms with Crippen molar-refractivity contribution in [1.29, 1.82) is 0 Å². The molecular formula is C23H34N2O7S. The van der Waals surface area contributed by atoms with E-state index in [9.17, 15) is 19.2 Å². The maximum atomic E-state index is 12.6. The van der Waals surface area contributed by atoms with Crippen molar-refractivity contribution >= 4 is 36.6 Å². The van der Waals surface area contributed by atoms with Crippen LogP contribution in [0.1, 0.15) is 52.5 Å². The molecule has 33 heavy (non-hydrogen) atoms. The van der Waals surface area contributed by atoms with E-state index in [1.807, 2.05) is 30.3 Å². The zero-order valence-electron chi connectivity index (χ0n) is 19.6. The molecule has 1 aromatic carbocycles. The molecule has 2 amide bonds. The molecule has 0 fully saturated rings. The predicted octanol–water partition coefficient (Wildman–Crippen LogP) is 2.77. The van der Waals surface area contributed by atoms with Gasteiger partial charge < -0.3 is 24.8 Å². The molecule has 0 radical (unpaired) electrons. The second kappa shape index (κ2) is 14.4. The number of hydrogen-bond donors (Lipinski definition) is 3. The van der Waals surface area contributed by atoms with Crippen LogP contribution in [0.15, 0.2) is 30.3 Å². The molecule has 0 bridgehead atoms. The number of carbonyl (C=O) groups is 4. The minimum Gasteiger partial charge on any atom is -0.464 e. The number of hydrogen-bond acceptors (Lipinski definition) is 8. The highest BCUT2D eigenvalue weighted by molar-refractivity contribution is 7.80. The largest absolute Gasteiger partial charge is 0.464 e. The molecule has 2 N–H and O–H groups in total. The second-order valence-corrected chi connectivity index (χ2v) is 8.60. The Hall–Kier alpha value is -2.75. The molecule has 9 nitrogen and oxygen atoms in total. The second-order valence-electron chi connectivity index (χ2n) is 8.24. The zero-order chi connectivity index (χ0) is 24.9. The molecule has 0 spiro atoms. The molecule has 0 aliphatic carbocycles. The van der Waals surface area contributed by atoms with E-state index in [2.05, 4.69) is 23.3 Å². The summed E-state index contributed by atoms with van der Waals surface area (Å²) in [5, 5.41) is 5.07. The van der Waals surface area contributed by atoms with Crippen molar-refractivity contribution in [2.75, 3.05) is 12.4 Å². The zero-order valence-corrected chi connectivity index (χ0v) is 20.5. The molecule has 0 aromatic heterocycles. The normalized spacial score (nSPS) is 12.8. The summed E-state index contributed by atoms with van der Waals surface area (Å²) < 4.78 is 15.5. The van der Waals surface area contributed by atoms with Gasteiger partial charge in [0.2, 0.25) is 5.91 Å². The van der Waals surface area contributed by atoms with E-state index >= 15 is 0 Å². The number of esters is 2. The number of nitrogens with one attached hydrogen (secondary N) is 2. The van der Waals surface area contributed by atoms with E-state index in [-0.39, 0.29) is 38.2 Å². The van der Waals surface area contributed by atoms with Crippen molar-refractivity contribution in [2.45, 2.75) is 71.2 Å². The van der Waals surface area contributed by atoms with Crippen LogP contribution in [0.5, 0.6) is 0 Å². The van der Waals surface area contributed by atoms with Crippen LogP contribution in [-0.4, -0.2) is 54.0 Å². The van der Waals surface area contributed by atoms with Gasteiger partial charge in [0.15, 0.2) is 0 Å². The van der Waals surface area contributed by atoms with E-state index < -0.39 is 41.6 Å². The molecule has 0 saturated heterocycles. The van der Waals surface area contributed by atoms with Crippen molar-refractivity contribution in [3.05, 3.63) is 35.9 Å². The fourth-order valence-corrected chi connectivity index (χ4v) is 2.92.